The molecule has 0 radical (unpaired) electrons. The van der Waals surface area contributed by atoms with Crippen molar-refractivity contribution in [1.82, 2.24) is 14.5 Å². The lowest BCUT2D eigenvalue weighted by Gasteiger charge is -2.31. The van der Waals surface area contributed by atoms with Crippen LogP contribution in [0, 0.1) is 0 Å². The molecule has 1 aromatic heterocycles. The Labute approximate surface area is 152 Å². The highest BCUT2D eigenvalue weighted by molar-refractivity contribution is 6.30. The number of carbonyl (C=O) groups is 1. The lowest BCUT2D eigenvalue weighted by molar-refractivity contribution is 0.0590. The molecule has 0 aliphatic carbocycles. The van der Waals surface area contributed by atoms with Gasteiger partial charge >= 0.3 is 0 Å². The summed E-state index contributed by atoms with van der Waals surface area (Å²) in [7, 11) is 0. The van der Waals surface area contributed by atoms with Gasteiger partial charge in [-0.25, -0.2) is 4.98 Å². The van der Waals surface area contributed by atoms with Crippen molar-refractivity contribution >= 4 is 17.5 Å². The molecule has 4 rings (SSSR count). The lowest BCUT2D eigenvalue weighted by Crippen LogP contribution is -2.41. The number of fused-ring (bicyclic) bond motifs is 1. The fraction of sp³-hybridized carbons (Fsp3) is 0.474. The molecule has 3 heterocycles. The number of amides is 1. The molecule has 6 heteroatoms. The Balaban J connectivity index is 1.34. The molecule has 1 aromatic carbocycles. The van der Waals surface area contributed by atoms with Crippen LogP contribution in [0.5, 0.6) is 5.75 Å². The zero-order valence-corrected chi connectivity index (χ0v) is 14.9. The molecule has 0 unspecified atom stereocenters. The molecule has 2 aliphatic rings. The molecule has 25 heavy (non-hydrogen) atoms. The van der Waals surface area contributed by atoms with Crippen LogP contribution in [0.2, 0.25) is 5.02 Å². The number of imidazole rings is 1. The molecule has 2 aliphatic heterocycles. The van der Waals surface area contributed by atoms with E-state index in [0.717, 1.165) is 43.8 Å². The molecule has 0 bridgehead atoms. The van der Waals surface area contributed by atoms with E-state index in [1.165, 1.54) is 6.42 Å². The standard InChI is InChI=1S/C19H22ClN3O2/c20-14-4-6-15(7-5-14)25-16-8-11-22(12-9-16)19(24)17-13-23-10-2-1-3-18(23)21-17/h4-7,13,16H,1-3,8-12H2. The average Bonchev–Trinajstić information content (AvgIpc) is 3.08. The molecule has 0 spiro atoms. The van der Waals surface area contributed by atoms with Gasteiger partial charge in [0.05, 0.1) is 0 Å². The normalized spacial score (nSPS) is 18.0. The molecule has 0 saturated carbocycles. The van der Waals surface area contributed by atoms with Gasteiger partial charge in [-0.3, -0.25) is 4.79 Å². The smallest absolute Gasteiger partial charge is 0.274 e. The minimum atomic E-state index is 0.0480. The predicted molar refractivity (Wildman–Crippen MR) is 96.2 cm³/mol. The van der Waals surface area contributed by atoms with Gasteiger partial charge in [-0.1, -0.05) is 11.6 Å². The summed E-state index contributed by atoms with van der Waals surface area (Å²) in [6.07, 6.45) is 7.05. The summed E-state index contributed by atoms with van der Waals surface area (Å²) in [5, 5.41) is 0.704. The molecule has 0 N–H and O–H groups in total. The first-order valence-electron chi connectivity index (χ1n) is 8.96. The van der Waals surface area contributed by atoms with Crippen molar-refractivity contribution in [3.8, 4) is 5.75 Å². The van der Waals surface area contributed by atoms with Crippen molar-refractivity contribution < 1.29 is 9.53 Å². The SMILES string of the molecule is O=C(c1cn2c(n1)CCCC2)N1CCC(Oc2ccc(Cl)cc2)CC1. The highest BCUT2D eigenvalue weighted by Gasteiger charge is 2.27. The molecular formula is C19H22ClN3O2. The van der Waals surface area contributed by atoms with Crippen molar-refractivity contribution in [1.29, 1.82) is 0 Å². The Morgan fingerprint density at radius 2 is 1.88 bits per heavy atom. The van der Waals surface area contributed by atoms with Crippen molar-refractivity contribution in [3.05, 3.63) is 47.0 Å². The van der Waals surface area contributed by atoms with Gasteiger partial charge in [0, 0.05) is 50.1 Å². The van der Waals surface area contributed by atoms with E-state index in [2.05, 4.69) is 9.55 Å². The van der Waals surface area contributed by atoms with Gasteiger partial charge < -0.3 is 14.2 Å². The van der Waals surface area contributed by atoms with E-state index in [4.69, 9.17) is 16.3 Å². The molecule has 1 saturated heterocycles. The second-order valence-electron chi connectivity index (χ2n) is 6.76. The third kappa shape index (κ3) is 3.66. The number of rotatable bonds is 3. The van der Waals surface area contributed by atoms with E-state index >= 15 is 0 Å². The van der Waals surface area contributed by atoms with Crippen LogP contribution >= 0.6 is 11.6 Å². The van der Waals surface area contributed by atoms with Crippen LogP contribution in [0.25, 0.3) is 0 Å². The molecule has 1 fully saturated rings. The number of piperidine rings is 1. The minimum Gasteiger partial charge on any atom is -0.490 e. The summed E-state index contributed by atoms with van der Waals surface area (Å²) in [6, 6.07) is 7.43. The van der Waals surface area contributed by atoms with Crippen molar-refractivity contribution in [3.63, 3.8) is 0 Å². The Morgan fingerprint density at radius 1 is 1.12 bits per heavy atom. The lowest BCUT2D eigenvalue weighted by atomic mass is 10.1. The number of carbonyl (C=O) groups excluding carboxylic acids is 1. The predicted octanol–water partition coefficient (Wildman–Crippen LogP) is 3.56. The Bertz CT molecular complexity index is 725. The molecule has 1 amide bonds. The number of nitrogens with zero attached hydrogens (tertiary/aromatic N) is 3. The molecular weight excluding hydrogens is 338 g/mol. The average molecular weight is 360 g/mol. The fourth-order valence-corrected chi connectivity index (χ4v) is 3.69. The van der Waals surface area contributed by atoms with Gasteiger partial charge in [-0.05, 0) is 37.1 Å². The van der Waals surface area contributed by atoms with E-state index in [1.807, 2.05) is 35.4 Å². The Morgan fingerprint density at radius 3 is 2.60 bits per heavy atom. The second-order valence-corrected chi connectivity index (χ2v) is 7.19. The van der Waals surface area contributed by atoms with Crippen LogP contribution in [0.1, 0.15) is 42.0 Å². The first-order valence-corrected chi connectivity index (χ1v) is 9.34. The van der Waals surface area contributed by atoms with E-state index in [0.29, 0.717) is 23.8 Å². The number of hydrogen-bond acceptors (Lipinski definition) is 3. The summed E-state index contributed by atoms with van der Waals surface area (Å²) in [4.78, 5) is 19.2. The van der Waals surface area contributed by atoms with Gasteiger partial charge in [0.1, 0.15) is 23.4 Å². The van der Waals surface area contributed by atoms with Gasteiger partial charge in [-0.2, -0.15) is 0 Å². The van der Waals surface area contributed by atoms with E-state index in [9.17, 15) is 4.79 Å². The number of hydrogen-bond donors (Lipinski definition) is 0. The van der Waals surface area contributed by atoms with Crippen LogP contribution in [-0.2, 0) is 13.0 Å². The van der Waals surface area contributed by atoms with E-state index in [1.54, 1.807) is 0 Å². The highest BCUT2D eigenvalue weighted by Crippen LogP contribution is 2.22. The third-order valence-electron chi connectivity index (χ3n) is 4.97. The number of likely N-dealkylation sites (tertiary alicyclic amines) is 1. The van der Waals surface area contributed by atoms with Crippen molar-refractivity contribution in [2.24, 2.45) is 0 Å². The van der Waals surface area contributed by atoms with Gasteiger partial charge in [0.15, 0.2) is 0 Å². The fourth-order valence-electron chi connectivity index (χ4n) is 3.56. The maximum absolute atomic E-state index is 12.7. The molecule has 2 aromatic rings. The zero-order valence-electron chi connectivity index (χ0n) is 14.2. The van der Waals surface area contributed by atoms with Crippen LogP contribution in [0.3, 0.4) is 0 Å². The molecule has 132 valence electrons. The highest BCUT2D eigenvalue weighted by atomic mass is 35.5. The number of ether oxygens (including phenoxy) is 1. The Kier molecular flexibility index (Phi) is 4.66. The van der Waals surface area contributed by atoms with Gasteiger partial charge in [-0.15, -0.1) is 0 Å². The number of benzene rings is 1. The molecule has 0 atom stereocenters. The van der Waals surface area contributed by atoms with Crippen LogP contribution < -0.4 is 4.74 Å². The van der Waals surface area contributed by atoms with Crippen LogP contribution in [0.4, 0.5) is 0 Å². The third-order valence-corrected chi connectivity index (χ3v) is 5.23. The molecule has 5 nitrogen and oxygen atoms in total. The van der Waals surface area contributed by atoms with Crippen molar-refractivity contribution in [2.75, 3.05) is 13.1 Å². The van der Waals surface area contributed by atoms with Gasteiger partial charge in [0.2, 0.25) is 0 Å². The quantitative estimate of drug-likeness (QED) is 0.841. The monoisotopic (exact) mass is 359 g/mol. The summed E-state index contributed by atoms with van der Waals surface area (Å²) in [5.74, 6) is 1.93. The van der Waals surface area contributed by atoms with E-state index < -0.39 is 0 Å². The van der Waals surface area contributed by atoms with Crippen LogP contribution in [0.15, 0.2) is 30.5 Å². The van der Waals surface area contributed by atoms with E-state index in [-0.39, 0.29) is 12.0 Å². The zero-order chi connectivity index (χ0) is 17.2. The Hall–Kier alpha value is -2.01. The second kappa shape index (κ2) is 7.08. The first kappa shape index (κ1) is 16.5. The minimum absolute atomic E-state index is 0.0480. The maximum Gasteiger partial charge on any atom is 0.274 e. The number of halogens is 1. The van der Waals surface area contributed by atoms with Crippen molar-refractivity contribution in [2.45, 2.75) is 44.8 Å². The topological polar surface area (TPSA) is 47.4 Å². The summed E-state index contributed by atoms with van der Waals surface area (Å²) in [5.41, 5.74) is 0.592. The van der Waals surface area contributed by atoms with Gasteiger partial charge in [0.25, 0.3) is 5.91 Å². The number of aryl methyl sites for hydroxylation is 2. The summed E-state index contributed by atoms with van der Waals surface area (Å²) < 4.78 is 8.13. The first-order chi connectivity index (χ1) is 12.2. The number of aromatic nitrogens is 2. The largest absolute Gasteiger partial charge is 0.490 e. The van der Waals surface area contributed by atoms with Crippen LogP contribution in [-0.4, -0.2) is 39.6 Å². The summed E-state index contributed by atoms with van der Waals surface area (Å²) >= 11 is 5.90. The maximum atomic E-state index is 12.7. The summed E-state index contributed by atoms with van der Waals surface area (Å²) in [6.45, 7) is 2.39.